The summed E-state index contributed by atoms with van der Waals surface area (Å²) in [6.07, 6.45) is -2.78. The topological polar surface area (TPSA) is 179 Å². The summed E-state index contributed by atoms with van der Waals surface area (Å²) in [5, 5.41) is 27.2. The van der Waals surface area contributed by atoms with Crippen molar-refractivity contribution in [2.75, 3.05) is 39.6 Å². The van der Waals surface area contributed by atoms with Gasteiger partial charge in [0.25, 0.3) is 0 Å². The van der Waals surface area contributed by atoms with E-state index in [0.717, 1.165) is 23.2 Å². The molecule has 4 aromatic heterocycles. The van der Waals surface area contributed by atoms with Crippen LogP contribution in [0.3, 0.4) is 0 Å². The summed E-state index contributed by atoms with van der Waals surface area (Å²) in [4.78, 5) is 8.82. The van der Waals surface area contributed by atoms with Crippen LogP contribution in [0, 0.1) is 37.1 Å². The van der Waals surface area contributed by atoms with Gasteiger partial charge in [-0.1, -0.05) is 78.3 Å². The number of rotatable bonds is 18. The van der Waals surface area contributed by atoms with E-state index in [1.807, 2.05) is 0 Å². The molecule has 3 N–H and O–H groups in total. The molecule has 0 spiro atoms. The standard InChI is InChI=1S/C32H46F2N2O5Si2.C19H26BrFN2O5Si.C7H8BFO2/c1-20-10-11-21(22(33)14-20)29-23(34)15-25-24(35-29)16-28(36(25)19-37-12-13-42(5,6)7)40-26-17-38-31-27(18-39-30(26)31)41-43(8,9)32(2,3)4;1-29(2,3)5-4-25-10-23-13-6-11(21)19(20)22-12(13)7-16(23)28-15-9-27-17-14(24)8-26-18(15)17;1-5-2-3-6(8(10)11)7(9)4-5/h10-11,14-16,26-27,30-31H,12-13,17-19H2,1-9H3;6-7,14-15,17-18,24H,4-5,8-10H2,1-3H3;2-4,10-11H,1H3/t26-,27-,30-,31-;14-,15-,17-,18-;/m11./s1. The highest BCUT2D eigenvalue weighted by Crippen LogP contribution is 2.42. The molecule has 4 aliphatic rings. The Bertz CT molecular complexity index is 3210. The highest BCUT2D eigenvalue weighted by molar-refractivity contribution is 9.10. The molecule has 0 amide bonds. The minimum Gasteiger partial charge on any atom is -0.470 e. The van der Waals surface area contributed by atoms with Gasteiger partial charge >= 0.3 is 7.12 Å². The summed E-state index contributed by atoms with van der Waals surface area (Å²) in [5.74, 6) is -1.17. The molecular formula is C58H80BBrF4N4O12Si3. The van der Waals surface area contributed by atoms with E-state index < -0.39 is 61.0 Å². The molecule has 4 aliphatic heterocycles. The lowest BCUT2D eigenvalue weighted by atomic mass is 9.79. The Morgan fingerprint density at radius 2 is 1.08 bits per heavy atom. The van der Waals surface area contributed by atoms with Gasteiger partial charge in [0.05, 0.1) is 54.6 Å². The molecule has 83 heavy (non-hydrogen) atoms. The number of nitrogens with zero attached hydrogens (tertiary/aromatic N) is 4. The molecular weight excluding hydrogens is 1200 g/mol. The zero-order chi connectivity index (χ0) is 60.5. The Morgan fingerprint density at radius 1 is 0.614 bits per heavy atom. The van der Waals surface area contributed by atoms with Crippen LogP contribution in [0.1, 0.15) is 31.9 Å². The number of ether oxygens (including phenoxy) is 8. The van der Waals surface area contributed by atoms with Crippen molar-refractivity contribution in [3.05, 3.63) is 99.7 Å². The average Bonchev–Trinajstić information content (AvgIpc) is 3.62. The molecule has 0 radical (unpaired) electrons. The molecule has 2 aromatic carbocycles. The largest absolute Gasteiger partial charge is 0.491 e. The van der Waals surface area contributed by atoms with Crippen LogP contribution in [0.5, 0.6) is 11.8 Å². The van der Waals surface area contributed by atoms with Crippen molar-refractivity contribution in [2.24, 2.45) is 0 Å². The molecule has 8 heterocycles. The van der Waals surface area contributed by atoms with Crippen LogP contribution in [0.4, 0.5) is 17.6 Å². The van der Waals surface area contributed by atoms with Crippen LogP contribution in [-0.4, -0.2) is 154 Å². The second kappa shape index (κ2) is 26.5. The SMILES string of the molecule is C[Si](C)(C)CCOCn1c(O[C@@H]2CO[C@H]3[C@@H]2OC[C@H]3O)cc2nc(Br)c(F)cc21.Cc1ccc(-c2nc3cc(O[C@@H]4CO[C@H]5[C@@H]4OC[C@H]5O[Si](C)(C)C(C)(C)C)n(COCC[Si](C)(C)C)c3cc2F)c(F)c1.Cc1ccc(B(O)O)c(F)c1. The molecule has 4 fully saturated rings. The Balaban J connectivity index is 0.000000192. The molecule has 6 aromatic rings. The smallest absolute Gasteiger partial charge is 0.470 e. The molecule has 16 nitrogen and oxygen atoms in total. The maximum Gasteiger partial charge on any atom is 0.491 e. The predicted molar refractivity (Wildman–Crippen MR) is 322 cm³/mol. The number of halogens is 5. The number of aliphatic hydroxyl groups excluding tert-OH is 1. The summed E-state index contributed by atoms with van der Waals surface area (Å²) in [6.45, 7) is 31.3. The number of pyridine rings is 2. The van der Waals surface area contributed by atoms with Crippen LogP contribution >= 0.6 is 15.9 Å². The van der Waals surface area contributed by atoms with Crippen molar-refractivity contribution in [3.63, 3.8) is 0 Å². The third-order valence-electron chi connectivity index (χ3n) is 15.5. The van der Waals surface area contributed by atoms with Gasteiger partial charge in [-0.25, -0.2) is 27.5 Å². The van der Waals surface area contributed by atoms with Crippen LogP contribution in [-0.2, 0) is 46.3 Å². The third-order valence-corrected chi connectivity index (χ3v) is 24.0. The van der Waals surface area contributed by atoms with Crippen LogP contribution in [0.2, 0.25) is 69.5 Å². The third kappa shape index (κ3) is 15.9. The lowest BCUT2D eigenvalue weighted by Gasteiger charge is -2.39. The van der Waals surface area contributed by atoms with Crippen LogP contribution < -0.4 is 14.9 Å². The summed E-state index contributed by atoms with van der Waals surface area (Å²) in [5.41, 5.74) is 3.70. The highest BCUT2D eigenvalue weighted by atomic mass is 79.9. The Kier molecular flexibility index (Phi) is 20.7. The molecule has 4 saturated heterocycles. The van der Waals surface area contributed by atoms with E-state index in [9.17, 15) is 18.3 Å². The molecule has 0 unspecified atom stereocenters. The molecule has 25 heteroatoms. The number of aryl methyl sites for hydroxylation is 2. The summed E-state index contributed by atoms with van der Waals surface area (Å²) >= 11 is 3.14. The molecule has 8 atom stereocenters. The normalized spacial score (nSPS) is 22.6. The van der Waals surface area contributed by atoms with Crippen LogP contribution in [0.25, 0.3) is 33.3 Å². The van der Waals surface area contributed by atoms with Crippen molar-refractivity contribution in [1.82, 2.24) is 19.1 Å². The minimum atomic E-state index is -2.02. The minimum absolute atomic E-state index is 0.0395. The van der Waals surface area contributed by atoms with E-state index in [4.69, 9.17) is 52.4 Å². The van der Waals surface area contributed by atoms with Gasteiger partial charge in [0.1, 0.15) is 65.9 Å². The van der Waals surface area contributed by atoms with Crippen molar-refractivity contribution < 1.29 is 75.0 Å². The fraction of sp³-hybridized carbons (Fsp3) is 0.552. The first-order chi connectivity index (χ1) is 38.9. The molecule has 454 valence electrons. The summed E-state index contributed by atoms with van der Waals surface area (Å²) < 4.78 is 116. The second-order valence-corrected chi connectivity index (χ2v) is 42.5. The Morgan fingerprint density at radius 3 is 1.60 bits per heavy atom. The van der Waals surface area contributed by atoms with E-state index >= 15 is 4.39 Å². The van der Waals surface area contributed by atoms with E-state index in [1.54, 1.807) is 53.3 Å². The molecule has 0 saturated carbocycles. The van der Waals surface area contributed by atoms with Crippen molar-refractivity contribution >= 4 is 75.0 Å². The van der Waals surface area contributed by atoms with Gasteiger partial charge < -0.3 is 57.5 Å². The number of fused-ring (bicyclic) bond motifs is 4. The summed E-state index contributed by atoms with van der Waals surface area (Å²) in [7, 11) is -6.27. The second-order valence-electron chi connectivity index (χ2n) is 25.8. The lowest BCUT2D eigenvalue weighted by molar-refractivity contribution is 0.00478. The number of aromatic nitrogens is 4. The van der Waals surface area contributed by atoms with Crippen LogP contribution in [0.15, 0.2) is 65.3 Å². The number of hydrogen-bond donors (Lipinski definition) is 3. The zero-order valence-electron chi connectivity index (χ0n) is 49.7. The van der Waals surface area contributed by atoms with Crippen molar-refractivity contribution in [2.45, 2.75) is 166 Å². The van der Waals surface area contributed by atoms with Crippen molar-refractivity contribution in [1.29, 1.82) is 0 Å². The number of aliphatic hydroxyl groups is 1. The van der Waals surface area contributed by atoms with E-state index in [1.165, 1.54) is 30.3 Å². The average molecular weight is 1280 g/mol. The first-order valence-corrected chi connectivity index (χ1v) is 39.2. The first kappa shape index (κ1) is 64.9. The summed E-state index contributed by atoms with van der Waals surface area (Å²) in [6, 6.07) is 17.3. The number of hydrogen-bond acceptors (Lipinski definition) is 14. The fourth-order valence-corrected chi connectivity index (χ4v) is 12.8. The van der Waals surface area contributed by atoms with E-state index in [-0.39, 0.29) is 89.2 Å². The number of benzene rings is 2. The zero-order valence-corrected chi connectivity index (χ0v) is 54.3. The maximum absolute atomic E-state index is 15.5. The molecule has 0 aliphatic carbocycles. The van der Waals surface area contributed by atoms with Gasteiger partial charge in [-0.3, -0.25) is 9.13 Å². The van der Waals surface area contributed by atoms with Gasteiger partial charge in [-0.2, -0.15) is 0 Å². The maximum atomic E-state index is 15.5. The monoisotopic (exact) mass is 1270 g/mol. The van der Waals surface area contributed by atoms with E-state index in [0.29, 0.717) is 66.9 Å². The van der Waals surface area contributed by atoms with Gasteiger partial charge in [-0.05, 0) is 89.3 Å². The molecule has 0 bridgehead atoms. The van der Waals surface area contributed by atoms with Gasteiger partial charge in [-0.15, -0.1) is 0 Å². The first-order valence-electron chi connectivity index (χ1n) is 28.1. The Hall–Kier alpha value is -4.06. The van der Waals surface area contributed by atoms with Gasteiger partial charge in [0, 0.05) is 64.7 Å². The quantitative estimate of drug-likeness (QED) is 0.0320. The highest BCUT2D eigenvalue weighted by Gasteiger charge is 2.53. The van der Waals surface area contributed by atoms with E-state index in [2.05, 4.69) is 99.0 Å². The van der Waals surface area contributed by atoms with Gasteiger partial charge in [0.15, 0.2) is 43.9 Å². The molecule has 10 rings (SSSR count). The Labute approximate surface area is 495 Å². The van der Waals surface area contributed by atoms with Gasteiger partial charge in [0.2, 0.25) is 0 Å². The predicted octanol–water partition coefficient (Wildman–Crippen LogP) is 10.5. The van der Waals surface area contributed by atoms with Crippen molar-refractivity contribution in [3.8, 4) is 23.0 Å². The lowest BCUT2D eigenvalue weighted by Crippen LogP contribution is -2.47. The fourth-order valence-electron chi connectivity index (χ4n) is 9.65.